The number of hydrogen-bond donors (Lipinski definition) is 0. The number of hydrogen-bond acceptors (Lipinski definition) is 3. The predicted molar refractivity (Wildman–Crippen MR) is 102 cm³/mol. The molecule has 0 heterocycles. The lowest BCUT2D eigenvalue weighted by Gasteiger charge is -2.17. The summed E-state index contributed by atoms with van der Waals surface area (Å²) in [7, 11) is 0. The van der Waals surface area contributed by atoms with E-state index < -0.39 is 0 Å². The second kappa shape index (κ2) is 9.44. The minimum absolute atomic E-state index is 0.0969. The van der Waals surface area contributed by atoms with Crippen LogP contribution in [0.25, 0.3) is 0 Å². The monoisotopic (exact) mass is 378 g/mol. The van der Waals surface area contributed by atoms with Crippen LogP contribution in [0.5, 0.6) is 0 Å². The number of likely N-dealkylation sites (N-methyl/N-ethyl adjacent to an activating group) is 1. The fourth-order valence-corrected chi connectivity index (χ4v) is 2.56. The number of amides is 1. The van der Waals surface area contributed by atoms with E-state index in [0.717, 1.165) is 11.1 Å². The third-order valence-corrected chi connectivity index (χ3v) is 4.20. The topological polar surface area (TPSA) is 41.9 Å². The highest BCUT2D eigenvalue weighted by molar-refractivity contribution is 6.31. The summed E-state index contributed by atoms with van der Waals surface area (Å²) in [5, 5.41) is 5.47. The molecule has 0 aromatic heterocycles. The third-order valence-electron chi connectivity index (χ3n) is 3.70. The lowest BCUT2D eigenvalue weighted by Crippen LogP contribution is -2.33. The van der Waals surface area contributed by atoms with Gasteiger partial charge in [-0.25, -0.2) is 0 Å². The molecule has 0 aliphatic carbocycles. The molecule has 0 radical (unpaired) electrons. The smallest absolute Gasteiger partial charge is 0.263 e. The quantitative estimate of drug-likeness (QED) is 0.520. The van der Waals surface area contributed by atoms with Gasteiger partial charge in [0.2, 0.25) is 0 Å². The molecule has 0 atom stereocenters. The molecule has 0 N–H and O–H groups in total. The molecule has 0 saturated carbocycles. The fourth-order valence-electron chi connectivity index (χ4n) is 2.31. The molecule has 4 nitrogen and oxygen atoms in total. The first kappa shape index (κ1) is 19.3. The molecular weight excluding hydrogens is 359 g/mol. The number of oxime groups is 1. The summed E-state index contributed by atoms with van der Waals surface area (Å²) in [6, 6.07) is 14.5. The minimum Gasteiger partial charge on any atom is -0.385 e. The van der Waals surface area contributed by atoms with Gasteiger partial charge in [0.15, 0.2) is 6.61 Å². The molecule has 0 aliphatic heterocycles. The Balaban J connectivity index is 2.23. The molecule has 2 aromatic rings. The van der Waals surface area contributed by atoms with Gasteiger partial charge in [-0.15, -0.1) is 0 Å². The van der Waals surface area contributed by atoms with Crippen molar-refractivity contribution in [2.24, 2.45) is 5.16 Å². The summed E-state index contributed by atoms with van der Waals surface area (Å²) in [5.41, 5.74) is 2.28. The van der Waals surface area contributed by atoms with Crippen LogP contribution in [0.1, 0.15) is 25.0 Å². The molecule has 0 saturated heterocycles. The number of nitrogens with zero attached hydrogens (tertiary/aromatic N) is 2. The van der Waals surface area contributed by atoms with Gasteiger partial charge in [-0.1, -0.05) is 52.6 Å². The molecule has 6 heteroatoms. The molecule has 1 amide bonds. The van der Waals surface area contributed by atoms with Crippen LogP contribution in [0.4, 0.5) is 0 Å². The van der Waals surface area contributed by atoms with Gasteiger partial charge in [0.1, 0.15) is 5.71 Å². The standard InChI is InChI=1S/C19H20Cl2N2O2/c1-3-23(4-2)18(24)13-25-22-19(14-5-9-16(20)10-6-14)15-7-11-17(21)12-8-15/h5-12H,3-4,13H2,1-2H3. The van der Waals surface area contributed by atoms with Gasteiger partial charge in [0, 0.05) is 34.3 Å². The molecule has 0 aliphatic rings. The Kier molecular flexibility index (Phi) is 7.29. The van der Waals surface area contributed by atoms with Crippen molar-refractivity contribution in [1.29, 1.82) is 0 Å². The zero-order valence-electron chi connectivity index (χ0n) is 14.2. The van der Waals surface area contributed by atoms with Gasteiger partial charge in [-0.3, -0.25) is 4.79 Å². The molecule has 0 unspecified atom stereocenters. The van der Waals surface area contributed by atoms with E-state index in [2.05, 4.69) is 5.16 Å². The van der Waals surface area contributed by atoms with E-state index in [1.807, 2.05) is 38.1 Å². The lowest BCUT2D eigenvalue weighted by molar-refractivity contribution is -0.135. The molecule has 2 rings (SSSR count). The number of carbonyl (C=O) groups excluding carboxylic acids is 1. The van der Waals surface area contributed by atoms with Crippen LogP contribution in [0.3, 0.4) is 0 Å². The normalized spacial score (nSPS) is 10.2. The summed E-state index contributed by atoms with van der Waals surface area (Å²) < 4.78 is 0. The van der Waals surface area contributed by atoms with Crippen molar-refractivity contribution in [3.8, 4) is 0 Å². The first-order valence-corrected chi connectivity index (χ1v) is 8.80. The zero-order valence-corrected chi connectivity index (χ0v) is 15.7. The van der Waals surface area contributed by atoms with Gasteiger partial charge in [0.25, 0.3) is 5.91 Å². The zero-order chi connectivity index (χ0) is 18.2. The lowest BCUT2D eigenvalue weighted by atomic mass is 10.0. The molecule has 25 heavy (non-hydrogen) atoms. The highest BCUT2D eigenvalue weighted by Gasteiger charge is 2.12. The molecular formula is C19H20Cl2N2O2. The third kappa shape index (κ3) is 5.48. The van der Waals surface area contributed by atoms with E-state index >= 15 is 0 Å². The van der Waals surface area contributed by atoms with Crippen molar-refractivity contribution in [2.45, 2.75) is 13.8 Å². The van der Waals surface area contributed by atoms with Crippen LogP contribution in [-0.4, -0.2) is 36.2 Å². The Morgan fingerprint density at radius 3 is 1.76 bits per heavy atom. The van der Waals surface area contributed by atoms with E-state index in [1.165, 1.54) is 0 Å². The van der Waals surface area contributed by atoms with Crippen LogP contribution < -0.4 is 0 Å². The number of benzene rings is 2. The fraction of sp³-hybridized carbons (Fsp3) is 0.263. The number of carbonyl (C=O) groups is 1. The van der Waals surface area contributed by atoms with Gasteiger partial charge in [-0.2, -0.15) is 0 Å². The van der Waals surface area contributed by atoms with Crippen molar-refractivity contribution in [3.05, 3.63) is 69.7 Å². The Hall–Kier alpha value is -2.04. The van der Waals surface area contributed by atoms with Crippen molar-refractivity contribution >= 4 is 34.8 Å². The van der Waals surface area contributed by atoms with Gasteiger partial charge in [-0.05, 0) is 38.1 Å². The molecule has 0 bridgehead atoms. The van der Waals surface area contributed by atoms with Crippen LogP contribution in [-0.2, 0) is 9.63 Å². The Morgan fingerprint density at radius 2 is 1.36 bits per heavy atom. The van der Waals surface area contributed by atoms with Gasteiger partial charge < -0.3 is 9.74 Å². The molecule has 2 aromatic carbocycles. The SMILES string of the molecule is CCN(CC)C(=O)CON=C(c1ccc(Cl)cc1)c1ccc(Cl)cc1. The van der Waals surface area contributed by atoms with E-state index in [-0.39, 0.29) is 12.5 Å². The summed E-state index contributed by atoms with van der Waals surface area (Å²) >= 11 is 11.9. The Labute approximate surface area is 158 Å². The van der Waals surface area contributed by atoms with Crippen molar-refractivity contribution < 1.29 is 9.63 Å². The summed E-state index contributed by atoms with van der Waals surface area (Å²) in [4.78, 5) is 19.1. The molecule has 0 spiro atoms. The summed E-state index contributed by atoms with van der Waals surface area (Å²) in [5.74, 6) is -0.0969. The van der Waals surface area contributed by atoms with Crippen LogP contribution in [0, 0.1) is 0 Å². The van der Waals surface area contributed by atoms with Crippen LogP contribution in [0.15, 0.2) is 53.7 Å². The highest BCUT2D eigenvalue weighted by Crippen LogP contribution is 2.17. The van der Waals surface area contributed by atoms with E-state index in [0.29, 0.717) is 28.8 Å². The second-order valence-electron chi connectivity index (χ2n) is 5.29. The maximum Gasteiger partial charge on any atom is 0.263 e. The maximum absolute atomic E-state index is 12.0. The highest BCUT2D eigenvalue weighted by atomic mass is 35.5. The number of rotatable bonds is 7. The average molecular weight is 379 g/mol. The minimum atomic E-state index is -0.105. The largest absolute Gasteiger partial charge is 0.385 e. The Bertz CT molecular complexity index is 677. The predicted octanol–water partition coefficient (Wildman–Crippen LogP) is 4.63. The number of halogens is 2. The first-order chi connectivity index (χ1) is 12.0. The maximum atomic E-state index is 12.0. The van der Waals surface area contributed by atoms with E-state index in [9.17, 15) is 4.79 Å². The first-order valence-electron chi connectivity index (χ1n) is 8.04. The van der Waals surface area contributed by atoms with Crippen LogP contribution in [0.2, 0.25) is 10.0 Å². The van der Waals surface area contributed by atoms with E-state index in [4.69, 9.17) is 28.0 Å². The van der Waals surface area contributed by atoms with Gasteiger partial charge in [0.05, 0.1) is 0 Å². The summed E-state index contributed by atoms with van der Waals surface area (Å²) in [6.45, 7) is 5.04. The van der Waals surface area contributed by atoms with E-state index in [1.54, 1.807) is 29.2 Å². The Morgan fingerprint density at radius 1 is 0.920 bits per heavy atom. The van der Waals surface area contributed by atoms with Crippen molar-refractivity contribution in [2.75, 3.05) is 19.7 Å². The summed E-state index contributed by atoms with van der Waals surface area (Å²) in [6.07, 6.45) is 0. The van der Waals surface area contributed by atoms with Crippen molar-refractivity contribution in [3.63, 3.8) is 0 Å². The van der Waals surface area contributed by atoms with Gasteiger partial charge >= 0.3 is 0 Å². The average Bonchev–Trinajstić information content (AvgIpc) is 2.62. The second-order valence-corrected chi connectivity index (χ2v) is 6.17. The van der Waals surface area contributed by atoms with Crippen molar-refractivity contribution in [1.82, 2.24) is 4.90 Å². The van der Waals surface area contributed by atoms with Crippen LogP contribution >= 0.6 is 23.2 Å². The molecule has 132 valence electrons. The molecule has 0 fully saturated rings.